The van der Waals surface area contributed by atoms with Gasteiger partial charge < -0.3 is 10.2 Å². The van der Waals surface area contributed by atoms with Gasteiger partial charge in [-0.2, -0.15) is 21.0 Å². The van der Waals surface area contributed by atoms with Crippen LogP contribution in [0.5, 0.6) is 11.5 Å². The van der Waals surface area contributed by atoms with Crippen LogP contribution >= 0.6 is 0 Å². The first kappa shape index (κ1) is 12.6. The molecule has 0 atom stereocenters. The average Bonchev–Trinajstić information content (AvgIpc) is 2.37. The largest absolute Gasteiger partial charge is 0.507 e. The van der Waals surface area contributed by atoms with E-state index in [2.05, 4.69) is 0 Å². The molecule has 0 aliphatic rings. The van der Waals surface area contributed by atoms with Gasteiger partial charge in [0.15, 0.2) is 0 Å². The summed E-state index contributed by atoms with van der Waals surface area (Å²) in [6, 6.07) is 8.16. The molecule has 0 aliphatic heterocycles. The summed E-state index contributed by atoms with van der Waals surface area (Å²) in [5.41, 5.74) is -0.769. The summed E-state index contributed by atoms with van der Waals surface area (Å²) < 4.78 is 0. The minimum absolute atomic E-state index is 0.156. The lowest BCUT2D eigenvalue weighted by Gasteiger charge is -1.98. The zero-order valence-corrected chi connectivity index (χ0v) is 8.84. The summed E-state index contributed by atoms with van der Waals surface area (Å²) in [4.78, 5) is 0. The molecule has 0 spiro atoms. The standard InChI is InChI=1S/C12H4N4O2/c13-3-7(4-14)9-1-11(17)10(2-12(9)18)8(5-15)6-16/h1-2,17-18H. The predicted molar refractivity (Wildman–Crippen MR) is 58.3 cm³/mol. The van der Waals surface area contributed by atoms with E-state index in [9.17, 15) is 10.2 Å². The lowest BCUT2D eigenvalue weighted by molar-refractivity contribution is 0.452. The molecular weight excluding hydrogens is 232 g/mol. The van der Waals surface area contributed by atoms with E-state index >= 15 is 0 Å². The Balaban J connectivity index is 3.96. The first-order valence-corrected chi connectivity index (χ1v) is 4.50. The molecule has 18 heavy (non-hydrogen) atoms. The van der Waals surface area contributed by atoms with Crippen LogP contribution in [0.4, 0.5) is 0 Å². The highest BCUT2D eigenvalue weighted by Crippen LogP contribution is 2.07. The lowest BCUT2D eigenvalue weighted by atomic mass is 10.1. The molecule has 0 bridgehead atoms. The van der Waals surface area contributed by atoms with Gasteiger partial charge in [0, 0.05) is 10.4 Å². The number of phenols is 2. The maximum Gasteiger partial charge on any atom is 0.140 e. The van der Waals surface area contributed by atoms with E-state index in [-0.39, 0.29) is 21.6 Å². The normalized spacial score (nSPS) is 8.22. The number of hydrogen-bond donors (Lipinski definition) is 2. The first-order valence-electron chi connectivity index (χ1n) is 4.50. The van der Waals surface area contributed by atoms with Crippen molar-refractivity contribution in [3.8, 4) is 35.8 Å². The van der Waals surface area contributed by atoms with Gasteiger partial charge in [-0.05, 0) is 12.1 Å². The summed E-state index contributed by atoms with van der Waals surface area (Å²) in [6.45, 7) is 0. The number of hydrogen-bond acceptors (Lipinski definition) is 6. The Kier molecular flexibility index (Phi) is 3.52. The number of nitrogens with zero attached hydrogens (tertiary/aromatic N) is 4. The Labute approximate surface area is 101 Å². The van der Waals surface area contributed by atoms with Gasteiger partial charge in [0.2, 0.25) is 0 Å². The van der Waals surface area contributed by atoms with Crippen molar-refractivity contribution in [3.63, 3.8) is 0 Å². The second-order valence-electron chi connectivity index (χ2n) is 3.08. The van der Waals surface area contributed by atoms with Crippen LogP contribution in [0.15, 0.2) is 12.1 Å². The summed E-state index contributed by atoms with van der Waals surface area (Å²) in [5, 5.41) is 53.5. The number of rotatable bonds is 0. The van der Waals surface area contributed by atoms with Crippen LogP contribution in [0.1, 0.15) is 0 Å². The minimum Gasteiger partial charge on any atom is -0.507 e. The average molecular weight is 236 g/mol. The third kappa shape index (κ3) is 2.04. The molecule has 0 saturated heterocycles. The van der Waals surface area contributed by atoms with Gasteiger partial charge >= 0.3 is 0 Å². The fourth-order valence-electron chi connectivity index (χ4n) is 1.27. The van der Waals surface area contributed by atoms with Gasteiger partial charge in [-0.3, -0.25) is 0 Å². The number of benzene rings is 1. The topological polar surface area (TPSA) is 136 Å². The third-order valence-corrected chi connectivity index (χ3v) is 2.10. The van der Waals surface area contributed by atoms with Crippen molar-refractivity contribution in [1.29, 1.82) is 21.0 Å². The molecule has 2 N–H and O–H groups in total. The maximum atomic E-state index is 9.62. The summed E-state index contributed by atoms with van der Waals surface area (Å²) >= 11 is 0. The van der Waals surface area contributed by atoms with E-state index in [0.717, 1.165) is 12.1 Å². The number of aromatic hydroxyl groups is 2. The van der Waals surface area contributed by atoms with E-state index in [1.165, 1.54) is 0 Å². The fraction of sp³-hybridized carbons (Fsp3) is 0. The molecule has 1 aromatic carbocycles. The quantitative estimate of drug-likeness (QED) is 0.582. The smallest absolute Gasteiger partial charge is 0.140 e. The molecule has 1 aromatic rings. The molecule has 6 nitrogen and oxygen atoms in total. The van der Waals surface area contributed by atoms with Crippen molar-refractivity contribution in [2.24, 2.45) is 0 Å². The van der Waals surface area contributed by atoms with Gasteiger partial charge in [-0.1, -0.05) is 0 Å². The van der Waals surface area contributed by atoms with E-state index < -0.39 is 11.5 Å². The van der Waals surface area contributed by atoms with Crippen LogP contribution in [0.3, 0.4) is 0 Å². The Hall–Kier alpha value is -3.48. The SMILES string of the molecule is N#CC(C#N)=c1cc(O)c(=C(C#N)C#N)cc1O. The van der Waals surface area contributed by atoms with Crippen molar-refractivity contribution in [1.82, 2.24) is 0 Å². The van der Waals surface area contributed by atoms with E-state index in [4.69, 9.17) is 21.0 Å². The highest BCUT2D eigenvalue weighted by molar-refractivity contribution is 5.77. The van der Waals surface area contributed by atoms with Crippen LogP contribution in [0.2, 0.25) is 0 Å². The highest BCUT2D eigenvalue weighted by atomic mass is 16.3. The van der Waals surface area contributed by atoms with Crippen molar-refractivity contribution in [2.45, 2.75) is 0 Å². The molecule has 6 heteroatoms. The molecule has 0 saturated carbocycles. The van der Waals surface area contributed by atoms with Gasteiger partial charge in [-0.25, -0.2) is 0 Å². The zero-order valence-electron chi connectivity index (χ0n) is 8.84. The Morgan fingerprint density at radius 2 is 1.00 bits per heavy atom. The van der Waals surface area contributed by atoms with Gasteiger partial charge in [0.05, 0.1) is 0 Å². The van der Waals surface area contributed by atoms with Crippen LogP contribution in [-0.4, -0.2) is 10.2 Å². The highest BCUT2D eigenvalue weighted by Gasteiger charge is 2.07. The lowest BCUT2D eigenvalue weighted by Crippen LogP contribution is -2.13. The van der Waals surface area contributed by atoms with Crippen molar-refractivity contribution >= 4 is 11.1 Å². The molecular formula is C12H4N4O2. The second-order valence-corrected chi connectivity index (χ2v) is 3.08. The Bertz CT molecular complexity index is 693. The van der Waals surface area contributed by atoms with E-state index in [0.29, 0.717) is 0 Å². The monoisotopic (exact) mass is 236 g/mol. The fourth-order valence-corrected chi connectivity index (χ4v) is 1.27. The van der Waals surface area contributed by atoms with Crippen molar-refractivity contribution in [2.75, 3.05) is 0 Å². The first-order chi connectivity index (χ1) is 8.58. The molecule has 0 fully saturated rings. The zero-order chi connectivity index (χ0) is 13.7. The second kappa shape index (κ2) is 5.03. The molecule has 0 amide bonds. The summed E-state index contributed by atoms with van der Waals surface area (Å²) in [5.74, 6) is -0.937. The molecule has 0 heterocycles. The van der Waals surface area contributed by atoms with E-state index in [1.54, 1.807) is 24.3 Å². The molecule has 0 aliphatic carbocycles. The molecule has 0 radical (unpaired) electrons. The minimum atomic E-state index is -0.469. The van der Waals surface area contributed by atoms with Crippen LogP contribution < -0.4 is 10.4 Å². The Morgan fingerprint density at radius 3 is 1.22 bits per heavy atom. The molecule has 1 rings (SSSR count). The van der Waals surface area contributed by atoms with Crippen molar-refractivity contribution < 1.29 is 10.2 Å². The maximum absolute atomic E-state index is 9.62. The van der Waals surface area contributed by atoms with Gasteiger partial charge in [-0.15, -0.1) is 0 Å². The molecule has 84 valence electrons. The van der Waals surface area contributed by atoms with Crippen LogP contribution in [0.25, 0.3) is 11.1 Å². The van der Waals surface area contributed by atoms with Gasteiger partial charge in [0.1, 0.15) is 46.9 Å². The summed E-state index contributed by atoms with van der Waals surface area (Å²) in [6.07, 6.45) is 0. The third-order valence-electron chi connectivity index (χ3n) is 2.10. The summed E-state index contributed by atoms with van der Waals surface area (Å²) in [7, 11) is 0. The Morgan fingerprint density at radius 1 is 0.722 bits per heavy atom. The molecule has 0 unspecified atom stereocenters. The van der Waals surface area contributed by atoms with Crippen LogP contribution in [0, 0.1) is 45.3 Å². The molecule has 0 aromatic heterocycles. The van der Waals surface area contributed by atoms with E-state index in [1.807, 2.05) is 0 Å². The van der Waals surface area contributed by atoms with Gasteiger partial charge in [0.25, 0.3) is 0 Å². The number of phenolic OH excluding ortho intramolecular Hbond substituents is 2. The predicted octanol–water partition coefficient (Wildman–Crippen LogP) is -0.506. The van der Waals surface area contributed by atoms with Crippen LogP contribution in [-0.2, 0) is 0 Å². The van der Waals surface area contributed by atoms with Crippen molar-refractivity contribution in [3.05, 3.63) is 22.6 Å². The number of nitriles is 4.